The second-order valence-corrected chi connectivity index (χ2v) is 7.02. The molecule has 166 valence electrons. The van der Waals surface area contributed by atoms with Crippen molar-refractivity contribution >= 4 is 29.2 Å². The van der Waals surface area contributed by atoms with Gasteiger partial charge in [0.05, 0.1) is 38.1 Å². The van der Waals surface area contributed by atoms with E-state index in [-0.39, 0.29) is 17.2 Å². The Kier molecular flexibility index (Phi) is 10.3. The summed E-state index contributed by atoms with van der Waals surface area (Å²) in [6.07, 6.45) is 3.16. The third-order valence-corrected chi connectivity index (χ3v) is 4.65. The first-order valence-corrected chi connectivity index (χ1v) is 10.3. The van der Waals surface area contributed by atoms with Crippen LogP contribution >= 0.6 is 12.2 Å². The van der Waals surface area contributed by atoms with E-state index in [1.54, 1.807) is 6.07 Å². The first-order valence-electron chi connectivity index (χ1n) is 9.91. The monoisotopic (exact) mass is 439 g/mol. The van der Waals surface area contributed by atoms with Gasteiger partial charge in [0, 0.05) is 37.8 Å². The number of hydrogen-bond donors (Lipinski definition) is 2. The number of methoxy groups -OCH3 is 1. The van der Waals surface area contributed by atoms with E-state index >= 15 is 0 Å². The summed E-state index contributed by atoms with van der Waals surface area (Å²) in [7, 11) is 1.44. The van der Waals surface area contributed by atoms with Crippen LogP contribution < -0.4 is 20.2 Å². The number of unbranched alkanes of at least 4 members (excludes halogenated alkanes) is 1. The van der Waals surface area contributed by atoms with E-state index in [9.17, 15) is 10.1 Å². The second kappa shape index (κ2) is 12.9. The molecule has 0 spiro atoms. The van der Waals surface area contributed by atoms with E-state index in [2.05, 4.69) is 20.7 Å². The number of nitrogens with one attached hydrogen (secondary N) is 2. The van der Waals surface area contributed by atoms with Crippen LogP contribution in [0, 0.1) is 10.1 Å². The topological polar surface area (TPSA) is 110 Å². The molecule has 1 fully saturated rings. The summed E-state index contributed by atoms with van der Waals surface area (Å²) in [4.78, 5) is 13.3. The minimum atomic E-state index is -0.494. The van der Waals surface area contributed by atoms with Crippen molar-refractivity contribution in [1.29, 1.82) is 0 Å². The fraction of sp³-hybridized carbons (Fsp3) is 0.579. The van der Waals surface area contributed by atoms with E-state index in [1.165, 1.54) is 19.4 Å². The number of hydrazone groups is 1. The second-order valence-electron chi connectivity index (χ2n) is 6.61. The van der Waals surface area contributed by atoms with Gasteiger partial charge in [-0.1, -0.05) is 13.3 Å². The van der Waals surface area contributed by atoms with Crippen molar-refractivity contribution in [2.24, 2.45) is 5.10 Å². The number of nitro groups is 1. The van der Waals surface area contributed by atoms with Crippen molar-refractivity contribution in [3.8, 4) is 11.5 Å². The summed E-state index contributed by atoms with van der Waals surface area (Å²) < 4.78 is 16.2. The van der Waals surface area contributed by atoms with Crippen molar-refractivity contribution in [1.82, 2.24) is 15.6 Å². The Labute approximate surface area is 181 Å². The zero-order chi connectivity index (χ0) is 21.8. The van der Waals surface area contributed by atoms with Crippen LogP contribution in [0.25, 0.3) is 0 Å². The minimum absolute atomic E-state index is 0.126. The molecule has 2 rings (SSSR count). The molecule has 0 radical (unpaired) electrons. The van der Waals surface area contributed by atoms with Gasteiger partial charge >= 0.3 is 5.69 Å². The summed E-state index contributed by atoms with van der Waals surface area (Å²) in [5.41, 5.74) is 3.04. The van der Waals surface area contributed by atoms with E-state index in [0.717, 1.165) is 45.7 Å². The molecule has 1 saturated heterocycles. The van der Waals surface area contributed by atoms with E-state index < -0.39 is 4.92 Å². The van der Waals surface area contributed by atoms with E-state index in [4.69, 9.17) is 26.4 Å². The molecule has 0 aliphatic carbocycles. The Morgan fingerprint density at radius 2 is 2.20 bits per heavy atom. The normalized spacial score (nSPS) is 14.5. The maximum Gasteiger partial charge on any atom is 0.315 e. The van der Waals surface area contributed by atoms with Gasteiger partial charge in [-0.3, -0.25) is 20.4 Å². The van der Waals surface area contributed by atoms with Gasteiger partial charge in [-0.05, 0) is 24.7 Å². The molecule has 1 aromatic rings. The molecular formula is C19H29N5O5S. The molecule has 0 saturated carbocycles. The smallest absolute Gasteiger partial charge is 0.315 e. The Morgan fingerprint density at radius 3 is 2.87 bits per heavy atom. The highest BCUT2D eigenvalue weighted by Crippen LogP contribution is 2.38. The Bertz CT molecular complexity index is 740. The van der Waals surface area contributed by atoms with Crippen molar-refractivity contribution in [2.75, 3.05) is 53.1 Å². The van der Waals surface area contributed by atoms with Gasteiger partial charge in [0.25, 0.3) is 0 Å². The van der Waals surface area contributed by atoms with Crippen LogP contribution in [0.1, 0.15) is 25.3 Å². The number of morpholine rings is 1. The summed E-state index contributed by atoms with van der Waals surface area (Å²) in [5, 5.41) is 19.0. The molecule has 10 nitrogen and oxygen atoms in total. The number of thiocarbonyl (C=S) groups is 1. The summed E-state index contributed by atoms with van der Waals surface area (Å²) >= 11 is 5.20. The van der Waals surface area contributed by atoms with Crippen LogP contribution in [-0.2, 0) is 4.74 Å². The van der Waals surface area contributed by atoms with Gasteiger partial charge in [0.2, 0.25) is 5.75 Å². The van der Waals surface area contributed by atoms with Gasteiger partial charge in [0.1, 0.15) is 0 Å². The van der Waals surface area contributed by atoms with Gasteiger partial charge in [-0.15, -0.1) is 0 Å². The van der Waals surface area contributed by atoms with Crippen LogP contribution in [0.15, 0.2) is 17.2 Å². The quantitative estimate of drug-likeness (QED) is 0.176. The molecule has 0 unspecified atom stereocenters. The molecule has 1 aliphatic heterocycles. The van der Waals surface area contributed by atoms with Crippen LogP contribution in [0.3, 0.4) is 0 Å². The molecule has 0 atom stereocenters. The number of ether oxygens (including phenoxy) is 3. The third-order valence-electron chi connectivity index (χ3n) is 4.42. The standard InChI is InChI=1S/C19H29N5O5S/c1-3-4-9-29-18-16(24(25)26)12-15(13-17(18)27-2)14-21-22-19(30)20-5-6-23-7-10-28-11-8-23/h12-14H,3-11H2,1-2H3,(H2,20,22,30)/b21-14+. The van der Waals surface area contributed by atoms with Gasteiger partial charge in [-0.2, -0.15) is 5.10 Å². The average Bonchev–Trinajstić information content (AvgIpc) is 2.75. The lowest BCUT2D eigenvalue weighted by atomic mass is 10.2. The van der Waals surface area contributed by atoms with E-state index in [1.807, 2.05) is 6.92 Å². The van der Waals surface area contributed by atoms with Crippen molar-refractivity contribution < 1.29 is 19.1 Å². The molecular weight excluding hydrogens is 410 g/mol. The van der Waals surface area contributed by atoms with Gasteiger partial charge in [0.15, 0.2) is 10.9 Å². The first-order chi connectivity index (χ1) is 14.5. The summed E-state index contributed by atoms with van der Waals surface area (Å²) in [6, 6.07) is 3.03. The average molecular weight is 440 g/mol. The Morgan fingerprint density at radius 1 is 1.43 bits per heavy atom. The molecule has 1 aliphatic rings. The highest BCUT2D eigenvalue weighted by molar-refractivity contribution is 7.80. The van der Waals surface area contributed by atoms with Crippen LogP contribution in [0.2, 0.25) is 0 Å². The van der Waals surface area contributed by atoms with Gasteiger partial charge < -0.3 is 19.5 Å². The molecule has 0 aromatic heterocycles. The summed E-state index contributed by atoms with van der Waals surface area (Å²) in [6.45, 7) is 7.28. The predicted molar refractivity (Wildman–Crippen MR) is 119 cm³/mol. The highest BCUT2D eigenvalue weighted by atomic mass is 32.1. The zero-order valence-corrected chi connectivity index (χ0v) is 18.2. The Hall–Kier alpha value is -2.50. The summed E-state index contributed by atoms with van der Waals surface area (Å²) in [5.74, 6) is 0.411. The van der Waals surface area contributed by atoms with E-state index in [0.29, 0.717) is 23.8 Å². The third kappa shape index (κ3) is 7.73. The maximum atomic E-state index is 11.5. The fourth-order valence-electron chi connectivity index (χ4n) is 2.79. The number of rotatable bonds is 11. The Balaban J connectivity index is 1.92. The molecule has 1 heterocycles. The lowest BCUT2D eigenvalue weighted by molar-refractivity contribution is -0.386. The lowest BCUT2D eigenvalue weighted by Gasteiger charge is -2.26. The molecule has 1 aromatic carbocycles. The van der Waals surface area contributed by atoms with Crippen LogP contribution in [-0.4, -0.2) is 74.3 Å². The van der Waals surface area contributed by atoms with Crippen molar-refractivity contribution in [3.63, 3.8) is 0 Å². The first kappa shape index (κ1) is 23.8. The largest absolute Gasteiger partial charge is 0.493 e. The number of nitrogens with zero attached hydrogens (tertiary/aromatic N) is 3. The molecule has 30 heavy (non-hydrogen) atoms. The highest BCUT2D eigenvalue weighted by Gasteiger charge is 2.22. The van der Waals surface area contributed by atoms with Crippen molar-refractivity contribution in [3.05, 3.63) is 27.8 Å². The SMILES string of the molecule is CCCCOc1c(OC)cc(/C=N/NC(=S)NCCN2CCOCC2)cc1[N+](=O)[O-]. The van der Waals surface area contributed by atoms with Crippen molar-refractivity contribution in [2.45, 2.75) is 19.8 Å². The van der Waals surface area contributed by atoms with Crippen LogP contribution in [0.4, 0.5) is 5.69 Å². The minimum Gasteiger partial charge on any atom is -0.493 e. The molecule has 2 N–H and O–H groups in total. The number of benzene rings is 1. The maximum absolute atomic E-state index is 11.5. The molecule has 0 amide bonds. The zero-order valence-electron chi connectivity index (χ0n) is 17.4. The number of hydrogen-bond acceptors (Lipinski definition) is 8. The molecule has 0 bridgehead atoms. The molecule has 11 heteroatoms. The van der Waals surface area contributed by atoms with Crippen LogP contribution in [0.5, 0.6) is 11.5 Å². The predicted octanol–water partition coefficient (Wildman–Crippen LogP) is 1.91. The number of nitro benzene ring substituents is 1. The van der Waals surface area contributed by atoms with Gasteiger partial charge in [-0.25, -0.2) is 0 Å². The fourth-order valence-corrected chi connectivity index (χ4v) is 2.95. The lowest BCUT2D eigenvalue weighted by Crippen LogP contribution is -2.42.